The van der Waals surface area contributed by atoms with Crippen molar-refractivity contribution in [2.75, 3.05) is 24.3 Å². The molecule has 0 aliphatic rings. The van der Waals surface area contributed by atoms with Crippen molar-refractivity contribution in [1.29, 1.82) is 0 Å². The fourth-order valence-corrected chi connectivity index (χ4v) is 2.17. The molecule has 2 unspecified atom stereocenters. The van der Waals surface area contributed by atoms with E-state index in [2.05, 4.69) is 5.32 Å². The van der Waals surface area contributed by atoms with Crippen LogP contribution in [0.25, 0.3) is 0 Å². The van der Waals surface area contributed by atoms with Gasteiger partial charge in [0.15, 0.2) is 0 Å². The molecule has 1 amide bonds. The van der Waals surface area contributed by atoms with Crippen LogP contribution in [0.15, 0.2) is 24.3 Å². The molecule has 0 saturated carbocycles. The number of carbonyl (C=O) groups is 1. The number of carbonyl (C=O) groups excluding carboxylic acids is 1. The van der Waals surface area contributed by atoms with E-state index in [1.54, 1.807) is 12.3 Å². The molecular weight excluding hydrogens is 248 g/mol. The highest BCUT2D eigenvalue weighted by molar-refractivity contribution is 7.84. The van der Waals surface area contributed by atoms with E-state index in [1.807, 2.05) is 25.1 Å². The maximum atomic E-state index is 11.9. The Morgan fingerprint density at radius 3 is 2.83 bits per heavy atom. The fraction of sp³-hybridized carbons (Fsp3) is 0.462. The third-order valence-corrected chi connectivity index (χ3v) is 3.58. The molecular formula is C13H20N2O2S. The fourth-order valence-electron chi connectivity index (χ4n) is 1.62. The van der Waals surface area contributed by atoms with Crippen molar-refractivity contribution in [3.63, 3.8) is 0 Å². The number of nitrogens with two attached hydrogens (primary N) is 1. The first-order valence-corrected chi connectivity index (χ1v) is 7.66. The van der Waals surface area contributed by atoms with E-state index in [4.69, 9.17) is 5.73 Å². The van der Waals surface area contributed by atoms with E-state index in [9.17, 15) is 9.00 Å². The Bertz CT molecular complexity index is 435. The number of hydrogen-bond acceptors (Lipinski definition) is 3. The van der Waals surface area contributed by atoms with Gasteiger partial charge < -0.3 is 11.1 Å². The van der Waals surface area contributed by atoms with E-state index in [1.165, 1.54) is 0 Å². The Labute approximate surface area is 110 Å². The quantitative estimate of drug-likeness (QED) is 0.602. The maximum Gasteiger partial charge on any atom is 0.227 e. The van der Waals surface area contributed by atoms with Gasteiger partial charge in [-0.15, -0.1) is 0 Å². The van der Waals surface area contributed by atoms with Gasteiger partial charge in [0.2, 0.25) is 5.91 Å². The summed E-state index contributed by atoms with van der Waals surface area (Å²) in [6, 6.07) is 7.34. The summed E-state index contributed by atoms with van der Waals surface area (Å²) in [4.78, 5) is 11.9. The van der Waals surface area contributed by atoms with Gasteiger partial charge in [-0.1, -0.05) is 12.1 Å². The summed E-state index contributed by atoms with van der Waals surface area (Å²) in [5.41, 5.74) is 7.26. The number of hydrogen-bond donors (Lipinski definition) is 2. The molecule has 4 nitrogen and oxygen atoms in total. The van der Waals surface area contributed by atoms with Crippen LogP contribution in [0.3, 0.4) is 0 Å². The van der Waals surface area contributed by atoms with Gasteiger partial charge in [0.1, 0.15) is 0 Å². The van der Waals surface area contributed by atoms with Crippen LogP contribution < -0.4 is 11.1 Å². The second kappa shape index (κ2) is 7.16. The number of nitrogens with one attached hydrogen (secondary N) is 1. The zero-order valence-electron chi connectivity index (χ0n) is 10.8. The molecule has 1 rings (SSSR count). The molecule has 0 bridgehead atoms. The Balaban J connectivity index is 2.44. The lowest BCUT2D eigenvalue weighted by molar-refractivity contribution is -0.122. The summed E-state index contributed by atoms with van der Waals surface area (Å²) in [6.45, 7) is 2.41. The lowest BCUT2D eigenvalue weighted by Gasteiger charge is -2.12. The van der Waals surface area contributed by atoms with Crippen LogP contribution in [0.2, 0.25) is 0 Å². The van der Waals surface area contributed by atoms with Gasteiger partial charge >= 0.3 is 0 Å². The first-order chi connectivity index (χ1) is 8.50. The molecule has 0 aromatic heterocycles. The highest BCUT2D eigenvalue weighted by atomic mass is 32.2. The summed E-state index contributed by atoms with van der Waals surface area (Å²) in [7, 11) is -0.798. The minimum absolute atomic E-state index is 0.0255. The number of rotatable bonds is 6. The van der Waals surface area contributed by atoms with Gasteiger partial charge in [-0.3, -0.25) is 9.00 Å². The molecule has 0 saturated heterocycles. The summed E-state index contributed by atoms with van der Waals surface area (Å²) >= 11 is 0. The predicted molar refractivity (Wildman–Crippen MR) is 75.8 cm³/mol. The highest BCUT2D eigenvalue weighted by Crippen LogP contribution is 2.17. The van der Waals surface area contributed by atoms with Gasteiger partial charge in [0, 0.05) is 35.0 Å². The minimum Gasteiger partial charge on any atom is -0.399 e. The maximum absolute atomic E-state index is 11.9. The van der Waals surface area contributed by atoms with Gasteiger partial charge in [0.25, 0.3) is 0 Å². The molecule has 0 fully saturated rings. The number of nitrogen functional groups attached to an aromatic ring is 1. The van der Waals surface area contributed by atoms with E-state index < -0.39 is 10.8 Å². The lowest BCUT2D eigenvalue weighted by atomic mass is 10.00. The van der Waals surface area contributed by atoms with Crippen molar-refractivity contribution in [2.45, 2.75) is 19.3 Å². The average Bonchev–Trinajstić information content (AvgIpc) is 2.33. The van der Waals surface area contributed by atoms with Crippen LogP contribution in [0.4, 0.5) is 5.69 Å². The second-order valence-electron chi connectivity index (χ2n) is 4.31. The van der Waals surface area contributed by atoms with Gasteiger partial charge in [0.05, 0.1) is 5.92 Å². The number of benzene rings is 1. The normalized spacial score (nSPS) is 13.9. The van der Waals surface area contributed by atoms with E-state index in [-0.39, 0.29) is 11.8 Å². The molecule has 18 heavy (non-hydrogen) atoms. The van der Waals surface area contributed by atoms with Gasteiger partial charge in [-0.2, -0.15) is 0 Å². The summed E-state index contributed by atoms with van der Waals surface area (Å²) < 4.78 is 10.9. The first-order valence-electron chi connectivity index (χ1n) is 5.94. The molecule has 3 N–H and O–H groups in total. The van der Waals surface area contributed by atoms with Gasteiger partial charge in [-0.05, 0) is 31.0 Å². The van der Waals surface area contributed by atoms with Crippen molar-refractivity contribution in [2.24, 2.45) is 0 Å². The van der Waals surface area contributed by atoms with Crippen LogP contribution in [-0.2, 0) is 15.6 Å². The SMILES string of the molecule is CC(C(=O)NCCCS(C)=O)c1cccc(N)c1. The standard InChI is InChI=1S/C13H20N2O2S/c1-10(11-5-3-6-12(14)9-11)13(16)15-7-4-8-18(2)17/h3,5-6,9-10H,4,7-8,14H2,1-2H3,(H,15,16). The zero-order valence-corrected chi connectivity index (χ0v) is 11.6. The lowest BCUT2D eigenvalue weighted by Crippen LogP contribution is -2.29. The molecule has 0 spiro atoms. The van der Waals surface area contributed by atoms with Crippen LogP contribution >= 0.6 is 0 Å². The van der Waals surface area contributed by atoms with Crippen molar-refractivity contribution in [3.8, 4) is 0 Å². The molecule has 0 aliphatic heterocycles. The third-order valence-electron chi connectivity index (χ3n) is 2.71. The number of amides is 1. The third kappa shape index (κ3) is 4.87. The molecule has 0 radical (unpaired) electrons. The minimum atomic E-state index is -0.798. The summed E-state index contributed by atoms with van der Waals surface area (Å²) in [5.74, 6) is 0.371. The summed E-state index contributed by atoms with van der Waals surface area (Å²) in [5, 5.41) is 2.84. The predicted octanol–water partition coefficient (Wildman–Crippen LogP) is 1.26. The molecule has 0 heterocycles. The number of anilines is 1. The Morgan fingerprint density at radius 2 is 2.22 bits per heavy atom. The van der Waals surface area contributed by atoms with E-state index in [0.29, 0.717) is 18.0 Å². The van der Waals surface area contributed by atoms with E-state index >= 15 is 0 Å². The van der Waals surface area contributed by atoms with Crippen LogP contribution in [0.5, 0.6) is 0 Å². The molecule has 100 valence electrons. The summed E-state index contributed by atoms with van der Waals surface area (Å²) in [6.07, 6.45) is 2.40. The molecule has 1 aromatic carbocycles. The van der Waals surface area contributed by atoms with Gasteiger partial charge in [-0.25, -0.2) is 0 Å². The van der Waals surface area contributed by atoms with Crippen LogP contribution in [0.1, 0.15) is 24.8 Å². The van der Waals surface area contributed by atoms with Crippen molar-refractivity contribution >= 4 is 22.4 Å². The molecule has 2 atom stereocenters. The smallest absolute Gasteiger partial charge is 0.227 e. The first kappa shape index (κ1) is 14.7. The Morgan fingerprint density at radius 1 is 1.50 bits per heavy atom. The van der Waals surface area contributed by atoms with Crippen LogP contribution in [-0.4, -0.2) is 28.7 Å². The Kier molecular flexibility index (Phi) is 5.85. The monoisotopic (exact) mass is 268 g/mol. The second-order valence-corrected chi connectivity index (χ2v) is 5.87. The van der Waals surface area contributed by atoms with Crippen LogP contribution in [0, 0.1) is 0 Å². The largest absolute Gasteiger partial charge is 0.399 e. The molecule has 0 aliphatic carbocycles. The topological polar surface area (TPSA) is 72.2 Å². The average molecular weight is 268 g/mol. The zero-order chi connectivity index (χ0) is 13.5. The van der Waals surface area contributed by atoms with Crippen molar-refractivity contribution in [1.82, 2.24) is 5.32 Å². The molecule has 5 heteroatoms. The highest BCUT2D eigenvalue weighted by Gasteiger charge is 2.14. The van der Waals surface area contributed by atoms with Crippen molar-refractivity contribution < 1.29 is 9.00 Å². The van der Waals surface area contributed by atoms with E-state index in [0.717, 1.165) is 12.0 Å². The van der Waals surface area contributed by atoms with Crippen molar-refractivity contribution in [3.05, 3.63) is 29.8 Å². The Hall–Kier alpha value is -1.36. The molecule has 1 aromatic rings.